The fraction of sp³-hybridized carbons (Fsp3) is 0.267. The largest absolute Gasteiger partial charge is 0.337 e. The Kier molecular flexibility index (Phi) is 5.19. The lowest BCUT2D eigenvalue weighted by atomic mass is 10.1. The highest BCUT2D eigenvalue weighted by atomic mass is 16.5. The number of amides is 3. The second-order valence-corrected chi connectivity index (χ2v) is 4.58. The molecule has 120 valence electrons. The summed E-state index contributed by atoms with van der Waals surface area (Å²) in [5.41, 5.74) is 0.507. The molecule has 8 heteroatoms. The van der Waals surface area contributed by atoms with Crippen LogP contribution in [0.3, 0.4) is 0 Å². The zero-order chi connectivity index (χ0) is 16.8. The first kappa shape index (κ1) is 16.3. The topological polar surface area (TPSA) is 114 Å². The van der Waals surface area contributed by atoms with Gasteiger partial charge in [0.1, 0.15) is 11.3 Å². The van der Waals surface area contributed by atoms with E-state index in [0.29, 0.717) is 5.69 Å². The van der Waals surface area contributed by atoms with Crippen LogP contribution in [0.5, 0.6) is 0 Å². The second kappa shape index (κ2) is 7.30. The number of aromatic nitrogens is 2. The Morgan fingerprint density at radius 1 is 1.13 bits per heavy atom. The lowest BCUT2D eigenvalue weighted by Gasteiger charge is -2.05. The molecule has 0 bridgehead atoms. The van der Waals surface area contributed by atoms with E-state index in [-0.39, 0.29) is 35.9 Å². The van der Waals surface area contributed by atoms with Crippen molar-refractivity contribution in [2.45, 2.75) is 26.7 Å². The van der Waals surface area contributed by atoms with E-state index in [2.05, 4.69) is 20.8 Å². The third kappa shape index (κ3) is 3.79. The molecule has 0 spiro atoms. The predicted octanol–water partition coefficient (Wildman–Crippen LogP) is 1.75. The molecule has 23 heavy (non-hydrogen) atoms. The van der Waals surface area contributed by atoms with Gasteiger partial charge in [-0.1, -0.05) is 25.1 Å². The van der Waals surface area contributed by atoms with E-state index in [9.17, 15) is 14.4 Å². The van der Waals surface area contributed by atoms with Gasteiger partial charge < -0.3 is 4.52 Å². The van der Waals surface area contributed by atoms with Crippen LogP contribution in [0.4, 0.5) is 5.88 Å². The van der Waals surface area contributed by atoms with Gasteiger partial charge in [0, 0.05) is 19.0 Å². The number of carbonyl (C=O) groups excluding carboxylic acids is 3. The monoisotopic (exact) mass is 316 g/mol. The van der Waals surface area contributed by atoms with Crippen molar-refractivity contribution < 1.29 is 18.9 Å². The summed E-state index contributed by atoms with van der Waals surface area (Å²) < 4.78 is 5.06. The van der Waals surface area contributed by atoms with Crippen molar-refractivity contribution in [2.75, 3.05) is 5.32 Å². The lowest BCUT2D eigenvalue weighted by Crippen LogP contribution is -2.30. The van der Waals surface area contributed by atoms with Crippen LogP contribution >= 0.6 is 0 Å². The molecule has 0 atom stereocenters. The molecular weight excluding hydrogens is 300 g/mol. The van der Waals surface area contributed by atoms with E-state index in [1.807, 2.05) is 0 Å². The van der Waals surface area contributed by atoms with E-state index >= 15 is 0 Å². The summed E-state index contributed by atoms with van der Waals surface area (Å²) in [5.74, 6) is -1.61. The summed E-state index contributed by atoms with van der Waals surface area (Å²) in [6.07, 6.45) is 1.88. The maximum atomic E-state index is 12.3. The van der Waals surface area contributed by atoms with Crippen molar-refractivity contribution in [3.05, 3.63) is 30.0 Å². The number of pyridine rings is 1. The van der Waals surface area contributed by atoms with Crippen molar-refractivity contribution in [1.82, 2.24) is 15.5 Å². The summed E-state index contributed by atoms with van der Waals surface area (Å²) in [7, 11) is 0. The van der Waals surface area contributed by atoms with Crippen LogP contribution in [0.15, 0.2) is 28.9 Å². The minimum Gasteiger partial charge on any atom is -0.337 e. The molecule has 2 heterocycles. The standard InChI is InChI=1S/C15H16N4O4/c1-3-10(20)17-14(22)12-13(9-7-5-6-8-16-9)19-23-15(12)18-11(21)4-2/h5-8H,3-4H2,1-2H3,(H,18,21)(H,17,20,22). The Hall–Kier alpha value is -3.03. The normalized spacial score (nSPS) is 10.2. The number of rotatable bonds is 5. The number of anilines is 1. The first-order valence-electron chi connectivity index (χ1n) is 7.11. The maximum Gasteiger partial charge on any atom is 0.265 e. The number of hydrogen-bond donors (Lipinski definition) is 2. The first-order valence-corrected chi connectivity index (χ1v) is 7.11. The van der Waals surface area contributed by atoms with Crippen LogP contribution in [0.2, 0.25) is 0 Å². The highest BCUT2D eigenvalue weighted by molar-refractivity contribution is 6.11. The van der Waals surface area contributed by atoms with Gasteiger partial charge in [0.25, 0.3) is 5.91 Å². The number of nitrogens with zero attached hydrogens (tertiary/aromatic N) is 2. The molecule has 0 saturated carbocycles. The molecule has 0 aliphatic rings. The van der Waals surface area contributed by atoms with E-state index < -0.39 is 11.8 Å². The maximum absolute atomic E-state index is 12.3. The minimum atomic E-state index is -0.704. The Labute approximate surface area is 132 Å². The van der Waals surface area contributed by atoms with Gasteiger partial charge in [-0.2, -0.15) is 0 Å². The average molecular weight is 316 g/mol. The first-order chi connectivity index (χ1) is 11.1. The average Bonchev–Trinajstić information content (AvgIpc) is 2.98. The van der Waals surface area contributed by atoms with Crippen LogP contribution in [0, 0.1) is 0 Å². The van der Waals surface area contributed by atoms with Crippen molar-refractivity contribution >= 4 is 23.6 Å². The highest BCUT2D eigenvalue weighted by Gasteiger charge is 2.26. The lowest BCUT2D eigenvalue weighted by molar-refractivity contribution is -0.119. The van der Waals surface area contributed by atoms with Gasteiger partial charge in [0.05, 0.1) is 5.69 Å². The molecule has 0 unspecified atom stereocenters. The molecule has 0 fully saturated rings. The van der Waals surface area contributed by atoms with Gasteiger partial charge in [-0.25, -0.2) is 0 Å². The summed E-state index contributed by atoms with van der Waals surface area (Å²) >= 11 is 0. The quantitative estimate of drug-likeness (QED) is 0.868. The van der Waals surface area contributed by atoms with Gasteiger partial charge in [-0.05, 0) is 12.1 Å². The van der Waals surface area contributed by atoms with E-state index in [1.54, 1.807) is 32.0 Å². The molecule has 2 aromatic rings. The summed E-state index contributed by atoms with van der Waals surface area (Å²) in [4.78, 5) is 39.5. The van der Waals surface area contributed by atoms with Crippen LogP contribution in [-0.4, -0.2) is 27.9 Å². The molecule has 3 amide bonds. The summed E-state index contributed by atoms with van der Waals surface area (Å²) in [5, 5.41) is 8.47. The molecule has 0 saturated heterocycles. The molecule has 0 aromatic carbocycles. The van der Waals surface area contributed by atoms with E-state index in [0.717, 1.165) is 0 Å². The molecule has 2 rings (SSSR count). The molecular formula is C15H16N4O4. The van der Waals surface area contributed by atoms with Crippen molar-refractivity contribution in [2.24, 2.45) is 0 Å². The fourth-order valence-electron chi connectivity index (χ4n) is 1.76. The minimum absolute atomic E-state index is 0.0349. The van der Waals surface area contributed by atoms with Crippen molar-refractivity contribution in [3.63, 3.8) is 0 Å². The van der Waals surface area contributed by atoms with E-state index in [4.69, 9.17) is 4.52 Å². The molecule has 2 aromatic heterocycles. The Balaban J connectivity index is 2.45. The Morgan fingerprint density at radius 3 is 2.48 bits per heavy atom. The summed E-state index contributed by atoms with van der Waals surface area (Å²) in [6.45, 7) is 3.28. The van der Waals surface area contributed by atoms with Crippen LogP contribution in [-0.2, 0) is 9.59 Å². The van der Waals surface area contributed by atoms with Crippen LogP contribution in [0.25, 0.3) is 11.4 Å². The number of imide groups is 1. The van der Waals surface area contributed by atoms with Gasteiger partial charge in [-0.15, -0.1) is 0 Å². The Morgan fingerprint density at radius 2 is 1.87 bits per heavy atom. The molecule has 0 aliphatic carbocycles. The smallest absolute Gasteiger partial charge is 0.265 e. The zero-order valence-corrected chi connectivity index (χ0v) is 12.8. The zero-order valence-electron chi connectivity index (χ0n) is 12.8. The molecule has 0 radical (unpaired) electrons. The van der Waals surface area contributed by atoms with Crippen molar-refractivity contribution in [3.8, 4) is 11.4 Å². The van der Waals surface area contributed by atoms with Crippen molar-refractivity contribution in [1.29, 1.82) is 0 Å². The van der Waals surface area contributed by atoms with E-state index in [1.165, 1.54) is 6.20 Å². The molecule has 2 N–H and O–H groups in total. The number of nitrogens with one attached hydrogen (secondary N) is 2. The third-order valence-corrected chi connectivity index (χ3v) is 2.97. The third-order valence-electron chi connectivity index (χ3n) is 2.97. The van der Waals surface area contributed by atoms with Gasteiger partial charge in [0.2, 0.25) is 17.7 Å². The Bertz CT molecular complexity index is 724. The van der Waals surface area contributed by atoms with Crippen LogP contribution in [0.1, 0.15) is 37.0 Å². The van der Waals surface area contributed by atoms with Gasteiger partial charge >= 0.3 is 0 Å². The number of carbonyl (C=O) groups is 3. The number of hydrogen-bond acceptors (Lipinski definition) is 6. The molecule has 8 nitrogen and oxygen atoms in total. The van der Waals surface area contributed by atoms with Crippen LogP contribution < -0.4 is 10.6 Å². The predicted molar refractivity (Wildman–Crippen MR) is 81.4 cm³/mol. The second-order valence-electron chi connectivity index (χ2n) is 4.58. The van der Waals surface area contributed by atoms with Gasteiger partial charge in [-0.3, -0.25) is 30.0 Å². The summed E-state index contributed by atoms with van der Waals surface area (Å²) in [6, 6.07) is 5.07. The fourth-order valence-corrected chi connectivity index (χ4v) is 1.76. The SMILES string of the molecule is CCC(=O)NC(=O)c1c(-c2ccccn2)noc1NC(=O)CC. The highest BCUT2D eigenvalue weighted by Crippen LogP contribution is 2.27. The molecule has 0 aliphatic heterocycles. The van der Waals surface area contributed by atoms with Gasteiger partial charge in [0.15, 0.2) is 0 Å².